The average Bonchev–Trinajstić information content (AvgIpc) is 2.45. The molecule has 13 heavy (non-hydrogen) atoms. The molecule has 0 aromatic rings. The van der Waals surface area contributed by atoms with Crippen LogP contribution >= 0.6 is 0 Å². The smallest absolute Gasteiger partial charge is 0.300 e. The molecule has 2 saturated heterocycles. The van der Waals surface area contributed by atoms with Gasteiger partial charge in [0, 0.05) is 6.04 Å². The first-order chi connectivity index (χ1) is 6.09. The fourth-order valence-corrected chi connectivity index (χ4v) is 2.63. The van der Waals surface area contributed by atoms with Crippen LogP contribution in [0.5, 0.6) is 0 Å². The fraction of sp³-hybridized carbons (Fsp3) is 1.00. The number of hydrogen-bond acceptors (Lipinski definition) is 1. The Hall–Kier alpha value is -0.250. The highest BCUT2D eigenvalue weighted by atomic mass is 19.4. The zero-order valence-corrected chi connectivity index (χ0v) is 7.48. The summed E-state index contributed by atoms with van der Waals surface area (Å²) in [6.45, 7) is 1.52. The van der Waals surface area contributed by atoms with Crippen LogP contribution in [0.1, 0.15) is 25.7 Å². The molecule has 4 heteroatoms. The number of halogens is 3. The lowest BCUT2D eigenvalue weighted by molar-refractivity contribution is -0.181. The molecule has 0 N–H and O–H groups in total. The van der Waals surface area contributed by atoms with Crippen molar-refractivity contribution in [1.29, 1.82) is 0 Å². The Morgan fingerprint density at radius 1 is 1.00 bits per heavy atom. The Balaban J connectivity index is 2.07. The van der Waals surface area contributed by atoms with Crippen molar-refractivity contribution in [1.82, 2.24) is 4.90 Å². The van der Waals surface area contributed by atoms with Gasteiger partial charge in [0.2, 0.25) is 0 Å². The standard InChI is InChI=1S/C9H14F3N/c10-9(11,12)7-4-6-13-5-2-1-3-8(7)13/h7-8H,1-6H2. The number of nitrogens with zero attached hydrogens (tertiary/aromatic N) is 1. The molecule has 0 aromatic carbocycles. The van der Waals surface area contributed by atoms with Gasteiger partial charge in [-0.05, 0) is 32.4 Å². The van der Waals surface area contributed by atoms with Gasteiger partial charge in [-0.2, -0.15) is 13.2 Å². The van der Waals surface area contributed by atoms with Crippen LogP contribution in [0.15, 0.2) is 0 Å². The molecule has 0 radical (unpaired) electrons. The van der Waals surface area contributed by atoms with Crippen molar-refractivity contribution in [2.45, 2.75) is 37.9 Å². The molecule has 2 heterocycles. The Bertz CT molecular complexity index is 190. The van der Waals surface area contributed by atoms with Crippen LogP contribution in [0.25, 0.3) is 0 Å². The van der Waals surface area contributed by atoms with Crippen LogP contribution in [0.2, 0.25) is 0 Å². The summed E-state index contributed by atoms with van der Waals surface area (Å²) < 4.78 is 37.5. The summed E-state index contributed by atoms with van der Waals surface area (Å²) in [5.74, 6) is -1.05. The van der Waals surface area contributed by atoms with E-state index in [-0.39, 0.29) is 6.04 Å². The summed E-state index contributed by atoms with van der Waals surface area (Å²) in [7, 11) is 0. The molecule has 0 spiro atoms. The number of alkyl halides is 3. The Kier molecular flexibility index (Phi) is 2.26. The summed E-state index contributed by atoms with van der Waals surface area (Å²) in [6, 6.07) is -0.200. The second kappa shape index (κ2) is 3.15. The molecule has 76 valence electrons. The third kappa shape index (κ3) is 1.68. The number of hydrogen-bond donors (Lipinski definition) is 0. The van der Waals surface area contributed by atoms with E-state index < -0.39 is 12.1 Å². The Morgan fingerprint density at radius 3 is 2.46 bits per heavy atom. The summed E-state index contributed by atoms with van der Waals surface area (Å²) in [4.78, 5) is 2.02. The van der Waals surface area contributed by atoms with E-state index in [0.717, 1.165) is 25.8 Å². The van der Waals surface area contributed by atoms with Crippen LogP contribution in [0.4, 0.5) is 13.2 Å². The molecule has 2 rings (SSSR count). The van der Waals surface area contributed by atoms with Gasteiger partial charge in [0.25, 0.3) is 0 Å². The third-order valence-corrected chi connectivity index (χ3v) is 3.28. The van der Waals surface area contributed by atoms with Gasteiger partial charge in [0.15, 0.2) is 0 Å². The summed E-state index contributed by atoms with van der Waals surface area (Å²) in [5.41, 5.74) is 0. The van der Waals surface area contributed by atoms with Crippen molar-refractivity contribution in [2.75, 3.05) is 13.1 Å². The maximum Gasteiger partial charge on any atom is 0.393 e. The zero-order valence-electron chi connectivity index (χ0n) is 7.48. The summed E-state index contributed by atoms with van der Waals surface area (Å²) in [5, 5.41) is 0. The summed E-state index contributed by atoms with van der Waals surface area (Å²) in [6.07, 6.45) is -0.885. The van der Waals surface area contributed by atoms with Gasteiger partial charge in [-0.15, -0.1) is 0 Å². The zero-order chi connectivity index (χ0) is 9.47. The SMILES string of the molecule is FC(F)(F)C1CCN2CCCCC12. The third-order valence-electron chi connectivity index (χ3n) is 3.28. The average molecular weight is 193 g/mol. The normalized spacial score (nSPS) is 36.2. The van der Waals surface area contributed by atoms with Crippen molar-refractivity contribution in [3.8, 4) is 0 Å². The largest absolute Gasteiger partial charge is 0.393 e. The maximum absolute atomic E-state index is 12.5. The van der Waals surface area contributed by atoms with E-state index in [1.807, 2.05) is 4.90 Å². The van der Waals surface area contributed by atoms with Gasteiger partial charge in [0.1, 0.15) is 0 Å². The maximum atomic E-state index is 12.5. The van der Waals surface area contributed by atoms with Crippen molar-refractivity contribution < 1.29 is 13.2 Å². The molecular weight excluding hydrogens is 179 g/mol. The number of fused-ring (bicyclic) bond motifs is 1. The molecule has 0 aliphatic carbocycles. The first-order valence-corrected chi connectivity index (χ1v) is 4.90. The molecule has 2 atom stereocenters. The molecule has 0 saturated carbocycles. The van der Waals surface area contributed by atoms with E-state index in [2.05, 4.69) is 0 Å². The van der Waals surface area contributed by atoms with Gasteiger partial charge in [0.05, 0.1) is 5.92 Å². The molecule has 2 fully saturated rings. The molecule has 0 bridgehead atoms. The minimum absolute atomic E-state index is 0.200. The lowest BCUT2D eigenvalue weighted by Gasteiger charge is -2.32. The van der Waals surface area contributed by atoms with Crippen LogP contribution in [0, 0.1) is 5.92 Å². The van der Waals surface area contributed by atoms with E-state index in [9.17, 15) is 13.2 Å². The molecule has 2 aliphatic rings. The lowest BCUT2D eigenvalue weighted by atomic mass is 9.93. The molecule has 1 nitrogen and oxygen atoms in total. The van der Waals surface area contributed by atoms with Gasteiger partial charge < -0.3 is 0 Å². The predicted octanol–water partition coefficient (Wildman–Crippen LogP) is 2.42. The Labute approximate surface area is 75.9 Å². The second-order valence-electron chi connectivity index (χ2n) is 4.04. The van der Waals surface area contributed by atoms with Gasteiger partial charge in [-0.1, -0.05) is 6.42 Å². The van der Waals surface area contributed by atoms with Gasteiger partial charge in [-0.3, -0.25) is 4.90 Å². The highest BCUT2D eigenvalue weighted by Gasteiger charge is 2.50. The van der Waals surface area contributed by atoms with E-state index in [1.165, 1.54) is 0 Å². The molecule has 0 aromatic heterocycles. The van der Waals surface area contributed by atoms with Crippen LogP contribution in [-0.4, -0.2) is 30.2 Å². The predicted molar refractivity (Wildman–Crippen MR) is 43.4 cm³/mol. The summed E-state index contributed by atoms with van der Waals surface area (Å²) >= 11 is 0. The van der Waals surface area contributed by atoms with Crippen LogP contribution in [0.3, 0.4) is 0 Å². The first-order valence-electron chi connectivity index (χ1n) is 4.90. The quantitative estimate of drug-likeness (QED) is 0.571. The minimum Gasteiger partial charge on any atom is -0.300 e. The molecular formula is C9H14F3N. The molecule has 0 amide bonds. The van der Waals surface area contributed by atoms with Crippen molar-refractivity contribution >= 4 is 0 Å². The van der Waals surface area contributed by atoms with E-state index in [1.54, 1.807) is 0 Å². The van der Waals surface area contributed by atoms with Crippen LogP contribution < -0.4 is 0 Å². The van der Waals surface area contributed by atoms with Gasteiger partial charge in [-0.25, -0.2) is 0 Å². The van der Waals surface area contributed by atoms with Crippen LogP contribution in [-0.2, 0) is 0 Å². The van der Waals surface area contributed by atoms with Crippen molar-refractivity contribution in [2.24, 2.45) is 5.92 Å². The Morgan fingerprint density at radius 2 is 1.77 bits per heavy atom. The fourth-order valence-electron chi connectivity index (χ4n) is 2.63. The monoisotopic (exact) mass is 193 g/mol. The van der Waals surface area contributed by atoms with E-state index in [4.69, 9.17) is 0 Å². The number of rotatable bonds is 0. The van der Waals surface area contributed by atoms with Gasteiger partial charge >= 0.3 is 6.18 Å². The highest BCUT2D eigenvalue weighted by Crippen LogP contribution is 2.41. The van der Waals surface area contributed by atoms with E-state index in [0.29, 0.717) is 13.0 Å². The van der Waals surface area contributed by atoms with Crippen molar-refractivity contribution in [3.63, 3.8) is 0 Å². The highest BCUT2D eigenvalue weighted by molar-refractivity contribution is 4.92. The van der Waals surface area contributed by atoms with Crippen molar-refractivity contribution in [3.05, 3.63) is 0 Å². The first kappa shape index (κ1) is 9.31. The second-order valence-corrected chi connectivity index (χ2v) is 4.04. The number of piperidine rings is 1. The topological polar surface area (TPSA) is 3.24 Å². The molecule has 2 unspecified atom stereocenters. The minimum atomic E-state index is -3.98. The van der Waals surface area contributed by atoms with E-state index >= 15 is 0 Å². The lowest BCUT2D eigenvalue weighted by Crippen LogP contribution is -2.41. The molecule has 2 aliphatic heterocycles.